The molecule has 20 heavy (non-hydrogen) atoms. The fourth-order valence-corrected chi connectivity index (χ4v) is 2.55. The van der Waals surface area contributed by atoms with Crippen molar-refractivity contribution >= 4 is 11.7 Å². The number of nitrogens with two attached hydrogens (primary N) is 1. The molecule has 1 aromatic rings. The fraction of sp³-hybridized carbons (Fsp3) is 0.600. The van der Waals surface area contributed by atoms with Crippen molar-refractivity contribution < 1.29 is 4.79 Å². The molecule has 5 nitrogen and oxygen atoms in total. The van der Waals surface area contributed by atoms with Crippen LogP contribution in [0.4, 0.5) is 5.82 Å². The average Bonchev–Trinajstić information content (AvgIpc) is 2.62. The Morgan fingerprint density at radius 2 is 2.10 bits per heavy atom. The molecule has 1 aromatic heterocycles. The summed E-state index contributed by atoms with van der Waals surface area (Å²) in [5.41, 5.74) is 7.40. The Kier molecular flexibility index (Phi) is 4.95. The number of hydrogen-bond donors (Lipinski definition) is 1. The van der Waals surface area contributed by atoms with Crippen LogP contribution in [0.3, 0.4) is 0 Å². The molecule has 2 rings (SSSR count). The van der Waals surface area contributed by atoms with Gasteiger partial charge in [0.1, 0.15) is 5.82 Å². The maximum Gasteiger partial charge on any atom is 0.254 e. The van der Waals surface area contributed by atoms with Gasteiger partial charge in [0.25, 0.3) is 5.91 Å². The summed E-state index contributed by atoms with van der Waals surface area (Å²) in [4.78, 5) is 21.1. The van der Waals surface area contributed by atoms with Crippen LogP contribution in [-0.4, -0.2) is 53.9 Å². The minimum Gasteiger partial charge on any atom is -0.384 e. The van der Waals surface area contributed by atoms with Gasteiger partial charge in [-0.1, -0.05) is 13.3 Å². The largest absolute Gasteiger partial charge is 0.384 e. The zero-order valence-electron chi connectivity index (χ0n) is 12.4. The minimum atomic E-state index is 0.0757. The average molecular weight is 276 g/mol. The topological polar surface area (TPSA) is 62.5 Å². The Labute approximate surface area is 120 Å². The van der Waals surface area contributed by atoms with Gasteiger partial charge >= 0.3 is 0 Å². The lowest BCUT2D eigenvalue weighted by atomic mass is 10.1. The SMILES string of the molecule is CCCc1cc(C(=O)N2CCCN(C)CC2)cc(N)n1. The molecule has 1 aliphatic heterocycles. The van der Waals surface area contributed by atoms with E-state index in [1.165, 1.54) is 0 Å². The molecule has 1 amide bonds. The third kappa shape index (κ3) is 3.70. The highest BCUT2D eigenvalue weighted by molar-refractivity contribution is 5.95. The second-order valence-electron chi connectivity index (χ2n) is 5.47. The first kappa shape index (κ1) is 14.8. The Hall–Kier alpha value is -1.62. The third-order valence-electron chi connectivity index (χ3n) is 3.66. The number of amides is 1. The summed E-state index contributed by atoms with van der Waals surface area (Å²) in [7, 11) is 2.09. The number of nitrogen functional groups attached to an aromatic ring is 1. The van der Waals surface area contributed by atoms with Crippen LogP contribution in [0.5, 0.6) is 0 Å². The molecule has 0 bridgehead atoms. The summed E-state index contributed by atoms with van der Waals surface area (Å²) in [5.74, 6) is 0.512. The van der Waals surface area contributed by atoms with Gasteiger partial charge in [-0.2, -0.15) is 0 Å². The Balaban J connectivity index is 2.15. The number of anilines is 1. The summed E-state index contributed by atoms with van der Waals surface area (Å²) in [6.07, 6.45) is 2.87. The van der Waals surface area contributed by atoms with E-state index in [2.05, 4.69) is 23.9 Å². The monoisotopic (exact) mass is 276 g/mol. The van der Waals surface area contributed by atoms with Crippen LogP contribution in [0.25, 0.3) is 0 Å². The highest BCUT2D eigenvalue weighted by Gasteiger charge is 2.19. The number of carbonyl (C=O) groups is 1. The molecule has 0 aliphatic carbocycles. The van der Waals surface area contributed by atoms with Gasteiger partial charge in [0.2, 0.25) is 0 Å². The highest BCUT2D eigenvalue weighted by atomic mass is 16.2. The van der Waals surface area contributed by atoms with E-state index in [0.29, 0.717) is 11.4 Å². The lowest BCUT2D eigenvalue weighted by molar-refractivity contribution is 0.0762. The quantitative estimate of drug-likeness (QED) is 0.906. The van der Waals surface area contributed by atoms with Gasteiger partial charge in [-0.05, 0) is 38.6 Å². The van der Waals surface area contributed by atoms with Crippen molar-refractivity contribution in [2.75, 3.05) is 39.0 Å². The van der Waals surface area contributed by atoms with E-state index in [4.69, 9.17) is 5.73 Å². The van der Waals surface area contributed by atoms with Gasteiger partial charge < -0.3 is 15.5 Å². The van der Waals surface area contributed by atoms with Gasteiger partial charge in [-0.25, -0.2) is 4.98 Å². The lowest BCUT2D eigenvalue weighted by Gasteiger charge is -2.21. The van der Waals surface area contributed by atoms with Crippen LogP contribution in [-0.2, 0) is 6.42 Å². The molecule has 1 aliphatic rings. The zero-order valence-corrected chi connectivity index (χ0v) is 12.4. The molecule has 2 N–H and O–H groups in total. The van der Waals surface area contributed by atoms with Gasteiger partial charge in [0.05, 0.1) is 0 Å². The predicted molar refractivity (Wildman–Crippen MR) is 80.7 cm³/mol. The van der Waals surface area contributed by atoms with Crippen LogP contribution >= 0.6 is 0 Å². The van der Waals surface area contributed by atoms with E-state index in [1.807, 2.05) is 11.0 Å². The minimum absolute atomic E-state index is 0.0757. The molecule has 110 valence electrons. The molecular formula is C15H24N4O. The second kappa shape index (κ2) is 6.70. The summed E-state index contributed by atoms with van der Waals surface area (Å²) in [5, 5.41) is 0. The van der Waals surface area contributed by atoms with E-state index < -0.39 is 0 Å². The third-order valence-corrected chi connectivity index (χ3v) is 3.66. The van der Waals surface area contributed by atoms with Gasteiger partial charge in [-0.15, -0.1) is 0 Å². The Morgan fingerprint density at radius 3 is 2.85 bits per heavy atom. The molecule has 1 saturated heterocycles. The molecular weight excluding hydrogens is 252 g/mol. The second-order valence-corrected chi connectivity index (χ2v) is 5.47. The number of likely N-dealkylation sites (N-methyl/N-ethyl adjacent to an activating group) is 1. The molecule has 2 heterocycles. The lowest BCUT2D eigenvalue weighted by Crippen LogP contribution is -2.34. The van der Waals surface area contributed by atoms with Crippen LogP contribution < -0.4 is 5.73 Å². The maximum absolute atomic E-state index is 12.6. The molecule has 0 spiro atoms. The van der Waals surface area contributed by atoms with E-state index >= 15 is 0 Å². The van der Waals surface area contributed by atoms with Crippen LogP contribution in [0.15, 0.2) is 12.1 Å². The highest BCUT2D eigenvalue weighted by Crippen LogP contribution is 2.13. The Morgan fingerprint density at radius 1 is 1.30 bits per heavy atom. The van der Waals surface area contributed by atoms with Crippen molar-refractivity contribution in [2.24, 2.45) is 0 Å². The molecule has 0 atom stereocenters. The fourth-order valence-electron chi connectivity index (χ4n) is 2.55. The van der Waals surface area contributed by atoms with E-state index in [9.17, 15) is 4.79 Å². The smallest absolute Gasteiger partial charge is 0.254 e. The van der Waals surface area contributed by atoms with Crippen LogP contribution in [0.2, 0.25) is 0 Å². The first-order chi connectivity index (χ1) is 9.60. The number of rotatable bonds is 3. The van der Waals surface area contributed by atoms with E-state index in [1.54, 1.807) is 6.07 Å². The number of carbonyl (C=O) groups excluding carboxylic acids is 1. The van der Waals surface area contributed by atoms with Crippen LogP contribution in [0.1, 0.15) is 35.8 Å². The van der Waals surface area contributed by atoms with Crippen molar-refractivity contribution in [2.45, 2.75) is 26.2 Å². The van der Waals surface area contributed by atoms with E-state index in [-0.39, 0.29) is 5.91 Å². The molecule has 0 aromatic carbocycles. The number of hydrogen-bond acceptors (Lipinski definition) is 4. The van der Waals surface area contributed by atoms with Crippen molar-refractivity contribution in [3.63, 3.8) is 0 Å². The summed E-state index contributed by atoms with van der Waals surface area (Å²) < 4.78 is 0. The number of pyridine rings is 1. The Bertz CT molecular complexity index is 475. The van der Waals surface area contributed by atoms with Gasteiger partial charge in [0, 0.05) is 30.9 Å². The first-order valence-electron chi connectivity index (χ1n) is 7.34. The van der Waals surface area contributed by atoms with Crippen LogP contribution in [0, 0.1) is 0 Å². The van der Waals surface area contributed by atoms with Gasteiger partial charge in [-0.3, -0.25) is 4.79 Å². The molecule has 1 fully saturated rings. The summed E-state index contributed by atoms with van der Waals surface area (Å²) in [6, 6.07) is 3.58. The summed E-state index contributed by atoms with van der Waals surface area (Å²) in [6.45, 7) is 5.66. The zero-order chi connectivity index (χ0) is 14.5. The molecule has 0 radical (unpaired) electrons. The van der Waals surface area contributed by atoms with Crippen molar-refractivity contribution in [1.82, 2.24) is 14.8 Å². The predicted octanol–water partition coefficient (Wildman–Crippen LogP) is 1.39. The van der Waals surface area contributed by atoms with E-state index in [0.717, 1.165) is 51.1 Å². The van der Waals surface area contributed by atoms with Crippen molar-refractivity contribution in [3.05, 3.63) is 23.4 Å². The standard InChI is InChI=1S/C15H24N4O/c1-3-5-13-10-12(11-14(16)17-13)15(20)19-7-4-6-18(2)8-9-19/h10-11H,3-9H2,1-2H3,(H2,16,17). The van der Waals surface area contributed by atoms with Crippen molar-refractivity contribution in [3.8, 4) is 0 Å². The maximum atomic E-state index is 12.6. The normalized spacial score (nSPS) is 17.0. The number of nitrogens with zero attached hydrogens (tertiary/aromatic N) is 3. The number of aryl methyl sites for hydroxylation is 1. The number of aromatic nitrogens is 1. The first-order valence-corrected chi connectivity index (χ1v) is 7.34. The van der Waals surface area contributed by atoms with Gasteiger partial charge in [0.15, 0.2) is 0 Å². The van der Waals surface area contributed by atoms with Crippen molar-refractivity contribution in [1.29, 1.82) is 0 Å². The summed E-state index contributed by atoms with van der Waals surface area (Å²) >= 11 is 0. The molecule has 0 saturated carbocycles. The molecule has 5 heteroatoms. The molecule has 0 unspecified atom stereocenters.